The Morgan fingerprint density at radius 2 is 2.08 bits per heavy atom. The SMILES string of the molecule is CC[C@H](C)N[C@H]1CCCC[C@@H]1O. The molecule has 1 rings (SSSR count). The molecular weight excluding hydrogens is 150 g/mol. The van der Waals surface area contributed by atoms with Crippen molar-refractivity contribution in [3.63, 3.8) is 0 Å². The van der Waals surface area contributed by atoms with Gasteiger partial charge >= 0.3 is 0 Å². The molecule has 72 valence electrons. The fraction of sp³-hybridized carbons (Fsp3) is 1.00. The lowest BCUT2D eigenvalue weighted by molar-refractivity contribution is 0.0857. The number of rotatable bonds is 3. The third-order valence-corrected chi connectivity index (χ3v) is 2.84. The molecule has 2 nitrogen and oxygen atoms in total. The third kappa shape index (κ3) is 2.76. The molecule has 0 saturated heterocycles. The normalized spacial score (nSPS) is 33.2. The lowest BCUT2D eigenvalue weighted by Gasteiger charge is -2.30. The average Bonchev–Trinajstić information content (AvgIpc) is 2.09. The van der Waals surface area contributed by atoms with E-state index in [-0.39, 0.29) is 6.10 Å². The summed E-state index contributed by atoms with van der Waals surface area (Å²) < 4.78 is 0. The molecule has 12 heavy (non-hydrogen) atoms. The molecule has 2 N–H and O–H groups in total. The minimum absolute atomic E-state index is 0.104. The van der Waals surface area contributed by atoms with Gasteiger partial charge in [0.15, 0.2) is 0 Å². The Morgan fingerprint density at radius 3 is 2.67 bits per heavy atom. The van der Waals surface area contributed by atoms with E-state index in [2.05, 4.69) is 19.2 Å². The summed E-state index contributed by atoms with van der Waals surface area (Å²) in [5, 5.41) is 13.1. The summed E-state index contributed by atoms with van der Waals surface area (Å²) in [6.45, 7) is 4.36. The van der Waals surface area contributed by atoms with Crippen LogP contribution in [0.5, 0.6) is 0 Å². The van der Waals surface area contributed by atoms with Crippen molar-refractivity contribution in [1.82, 2.24) is 5.32 Å². The summed E-state index contributed by atoms with van der Waals surface area (Å²) in [6, 6.07) is 0.899. The van der Waals surface area contributed by atoms with Crippen molar-refractivity contribution in [1.29, 1.82) is 0 Å². The summed E-state index contributed by atoms with van der Waals surface area (Å²) in [4.78, 5) is 0. The third-order valence-electron chi connectivity index (χ3n) is 2.84. The molecule has 1 saturated carbocycles. The van der Waals surface area contributed by atoms with E-state index in [0.29, 0.717) is 12.1 Å². The van der Waals surface area contributed by atoms with Gasteiger partial charge in [0.05, 0.1) is 6.10 Å². The molecule has 0 heterocycles. The highest BCUT2D eigenvalue weighted by Crippen LogP contribution is 2.18. The van der Waals surface area contributed by atoms with Crippen LogP contribution < -0.4 is 5.32 Å². The smallest absolute Gasteiger partial charge is 0.0693 e. The summed E-state index contributed by atoms with van der Waals surface area (Å²) in [5.74, 6) is 0. The zero-order chi connectivity index (χ0) is 8.97. The maximum Gasteiger partial charge on any atom is 0.0693 e. The monoisotopic (exact) mass is 171 g/mol. The molecule has 0 aromatic heterocycles. The highest BCUT2D eigenvalue weighted by Gasteiger charge is 2.23. The summed E-state index contributed by atoms with van der Waals surface area (Å²) in [7, 11) is 0. The van der Waals surface area contributed by atoms with Crippen LogP contribution in [-0.4, -0.2) is 23.3 Å². The van der Waals surface area contributed by atoms with Crippen LogP contribution in [0.2, 0.25) is 0 Å². The number of nitrogens with one attached hydrogen (secondary N) is 1. The number of aliphatic hydroxyl groups is 1. The first-order valence-corrected chi connectivity index (χ1v) is 5.18. The van der Waals surface area contributed by atoms with E-state index >= 15 is 0 Å². The average molecular weight is 171 g/mol. The predicted octanol–water partition coefficient (Wildman–Crippen LogP) is 1.68. The second kappa shape index (κ2) is 4.83. The molecule has 0 unspecified atom stereocenters. The van der Waals surface area contributed by atoms with Gasteiger partial charge in [-0.25, -0.2) is 0 Å². The molecule has 0 bridgehead atoms. The standard InChI is InChI=1S/C10H21NO/c1-3-8(2)11-9-6-4-5-7-10(9)12/h8-12H,3-7H2,1-2H3/t8-,9-,10-/m0/s1. The van der Waals surface area contributed by atoms with Gasteiger partial charge in [-0.15, -0.1) is 0 Å². The highest BCUT2D eigenvalue weighted by molar-refractivity contribution is 4.81. The molecule has 1 fully saturated rings. The molecule has 0 amide bonds. The van der Waals surface area contributed by atoms with Gasteiger partial charge in [0.1, 0.15) is 0 Å². The second-order valence-corrected chi connectivity index (χ2v) is 3.93. The maximum absolute atomic E-state index is 9.65. The Morgan fingerprint density at radius 1 is 1.42 bits per heavy atom. The summed E-state index contributed by atoms with van der Waals surface area (Å²) in [5.41, 5.74) is 0. The zero-order valence-corrected chi connectivity index (χ0v) is 8.21. The molecule has 0 radical (unpaired) electrons. The summed E-state index contributed by atoms with van der Waals surface area (Å²) >= 11 is 0. The van der Waals surface area contributed by atoms with Gasteiger partial charge in [-0.2, -0.15) is 0 Å². The first kappa shape index (κ1) is 10.0. The Balaban J connectivity index is 2.28. The molecule has 0 spiro atoms. The van der Waals surface area contributed by atoms with E-state index in [4.69, 9.17) is 0 Å². The van der Waals surface area contributed by atoms with Gasteiger partial charge in [0.2, 0.25) is 0 Å². The van der Waals surface area contributed by atoms with Crippen molar-refractivity contribution in [2.75, 3.05) is 0 Å². The Kier molecular flexibility index (Phi) is 4.02. The number of hydrogen-bond acceptors (Lipinski definition) is 2. The van der Waals surface area contributed by atoms with Crippen molar-refractivity contribution in [3.8, 4) is 0 Å². The number of hydrogen-bond donors (Lipinski definition) is 2. The van der Waals surface area contributed by atoms with Crippen LogP contribution in [0, 0.1) is 0 Å². The first-order valence-electron chi connectivity index (χ1n) is 5.18. The lowest BCUT2D eigenvalue weighted by Crippen LogP contribution is -2.45. The minimum Gasteiger partial charge on any atom is -0.392 e. The topological polar surface area (TPSA) is 32.3 Å². The molecular formula is C10H21NO. The number of aliphatic hydroxyl groups excluding tert-OH is 1. The maximum atomic E-state index is 9.65. The van der Waals surface area contributed by atoms with Gasteiger partial charge in [0.25, 0.3) is 0 Å². The Hall–Kier alpha value is -0.0800. The van der Waals surface area contributed by atoms with Crippen LogP contribution in [0.1, 0.15) is 46.0 Å². The van der Waals surface area contributed by atoms with Gasteiger partial charge < -0.3 is 10.4 Å². The molecule has 1 aliphatic carbocycles. The Bertz CT molecular complexity index is 127. The highest BCUT2D eigenvalue weighted by atomic mass is 16.3. The minimum atomic E-state index is -0.104. The van der Waals surface area contributed by atoms with Crippen molar-refractivity contribution in [2.45, 2.75) is 64.1 Å². The van der Waals surface area contributed by atoms with Crippen LogP contribution in [0.3, 0.4) is 0 Å². The van der Waals surface area contributed by atoms with Gasteiger partial charge in [-0.3, -0.25) is 0 Å². The van der Waals surface area contributed by atoms with Crippen LogP contribution in [0.25, 0.3) is 0 Å². The Labute approximate surface area is 75.4 Å². The lowest BCUT2D eigenvalue weighted by atomic mass is 9.92. The molecule has 0 aromatic carbocycles. The van der Waals surface area contributed by atoms with E-state index in [9.17, 15) is 5.11 Å². The van der Waals surface area contributed by atoms with E-state index in [1.165, 1.54) is 12.8 Å². The van der Waals surface area contributed by atoms with Crippen molar-refractivity contribution in [3.05, 3.63) is 0 Å². The van der Waals surface area contributed by atoms with Crippen LogP contribution in [0.4, 0.5) is 0 Å². The molecule has 0 aromatic rings. The fourth-order valence-electron chi connectivity index (χ4n) is 1.79. The van der Waals surface area contributed by atoms with Crippen molar-refractivity contribution >= 4 is 0 Å². The van der Waals surface area contributed by atoms with E-state index in [1.807, 2.05) is 0 Å². The van der Waals surface area contributed by atoms with Gasteiger partial charge in [0, 0.05) is 12.1 Å². The van der Waals surface area contributed by atoms with Crippen LogP contribution in [0.15, 0.2) is 0 Å². The van der Waals surface area contributed by atoms with Crippen LogP contribution >= 0.6 is 0 Å². The fourth-order valence-corrected chi connectivity index (χ4v) is 1.79. The predicted molar refractivity (Wildman–Crippen MR) is 51.2 cm³/mol. The largest absolute Gasteiger partial charge is 0.392 e. The summed E-state index contributed by atoms with van der Waals surface area (Å²) in [6.07, 6.45) is 5.63. The van der Waals surface area contributed by atoms with E-state index < -0.39 is 0 Å². The van der Waals surface area contributed by atoms with Crippen LogP contribution in [-0.2, 0) is 0 Å². The van der Waals surface area contributed by atoms with Crippen molar-refractivity contribution in [2.24, 2.45) is 0 Å². The first-order chi connectivity index (χ1) is 5.74. The molecule has 2 heteroatoms. The van der Waals surface area contributed by atoms with Crippen molar-refractivity contribution < 1.29 is 5.11 Å². The zero-order valence-electron chi connectivity index (χ0n) is 8.21. The second-order valence-electron chi connectivity index (χ2n) is 3.93. The van der Waals surface area contributed by atoms with E-state index in [0.717, 1.165) is 19.3 Å². The molecule has 0 aliphatic heterocycles. The van der Waals surface area contributed by atoms with E-state index in [1.54, 1.807) is 0 Å². The molecule has 3 atom stereocenters. The molecule has 1 aliphatic rings. The van der Waals surface area contributed by atoms with Gasteiger partial charge in [-0.1, -0.05) is 19.8 Å². The quantitative estimate of drug-likeness (QED) is 0.677. The van der Waals surface area contributed by atoms with Gasteiger partial charge in [-0.05, 0) is 26.2 Å².